The van der Waals surface area contributed by atoms with Gasteiger partial charge in [-0.3, -0.25) is 19.7 Å². The number of hydrogen-bond acceptors (Lipinski definition) is 6. The molecule has 1 fully saturated rings. The van der Waals surface area contributed by atoms with Crippen LogP contribution in [0.25, 0.3) is 21.8 Å². The summed E-state index contributed by atoms with van der Waals surface area (Å²) < 4.78 is 5.74. The van der Waals surface area contributed by atoms with Crippen molar-refractivity contribution in [1.29, 1.82) is 0 Å². The number of aromatic amines is 1. The Kier molecular flexibility index (Phi) is 7.40. The third-order valence-corrected chi connectivity index (χ3v) is 6.37. The summed E-state index contributed by atoms with van der Waals surface area (Å²) in [5.74, 6) is 1.26. The van der Waals surface area contributed by atoms with E-state index in [1.165, 1.54) is 5.84 Å². The molecule has 3 aromatic rings. The topological polar surface area (TPSA) is 85.9 Å². The van der Waals surface area contributed by atoms with Crippen molar-refractivity contribution in [3.8, 4) is 0 Å². The van der Waals surface area contributed by atoms with Crippen molar-refractivity contribution in [3.63, 3.8) is 0 Å². The van der Waals surface area contributed by atoms with Crippen molar-refractivity contribution < 1.29 is 9.53 Å². The van der Waals surface area contributed by atoms with Crippen LogP contribution in [0.2, 0.25) is 5.02 Å². The molecule has 2 aliphatic heterocycles. The van der Waals surface area contributed by atoms with E-state index in [9.17, 15) is 4.79 Å². The van der Waals surface area contributed by atoms with Crippen molar-refractivity contribution in [2.24, 2.45) is 4.99 Å². The zero-order valence-electron chi connectivity index (χ0n) is 20.3. The van der Waals surface area contributed by atoms with E-state index in [2.05, 4.69) is 57.8 Å². The van der Waals surface area contributed by atoms with Crippen LogP contribution < -0.4 is 5.32 Å². The maximum Gasteiger partial charge on any atom is 0.211 e. The van der Waals surface area contributed by atoms with Gasteiger partial charge in [0, 0.05) is 47.7 Å². The van der Waals surface area contributed by atoms with Gasteiger partial charge in [-0.05, 0) is 45.9 Å². The summed E-state index contributed by atoms with van der Waals surface area (Å²) in [6.45, 7) is 14.7. The minimum absolute atomic E-state index is 0.0138. The van der Waals surface area contributed by atoms with E-state index in [4.69, 9.17) is 16.3 Å². The molecule has 8 nitrogen and oxygen atoms in total. The second kappa shape index (κ2) is 10.3. The highest BCUT2D eigenvalue weighted by atomic mass is 35.5. The predicted molar refractivity (Wildman–Crippen MR) is 139 cm³/mol. The Hall–Kier alpha value is -2.68. The van der Waals surface area contributed by atoms with Crippen LogP contribution >= 0.6 is 11.6 Å². The molecule has 9 heteroatoms. The maximum absolute atomic E-state index is 10.6. The average Bonchev–Trinajstić information content (AvgIpc) is 3.39. The SMILES string of the molecule is CC(C)N1CCN=C1CN1CCOC(C)(C)C1.O=CNc1cc(Cl)cc2c1[nH]c1cnccc12. The van der Waals surface area contributed by atoms with Gasteiger partial charge < -0.3 is 19.9 Å². The lowest BCUT2D eigenvalue weighted by molar-refractivity contribution is -0.105. The zero-order valence-corrected chi connectivity index (χ0v) is 21.0. The number of amidine groups is 1. The molecule has 0 saturated carbocycles. The number of nitrogens with zero attached hydrogens (tertiary/aromatic N) is 4. The predicted octanol–water partition coefficient (Wildman–Crippen LogP) is 4.16. The van der Waals surface area contributed by atoms with Crippen molar-refractivity contribution in [3.05, 3.63) is 35.6 Å². The average molecular weight is 485 g/mol. The van der Waals surface area contributed by atoms with Crippen molar-refractivity contribution in [2.75, 3.05) is 44.6 Å². The van der Waals surface area contributed by atoms with Crippen LogP contribution in [0.5, 0.6) is 0 Å². The Morgan fingerprint density at radius 1 is 1.29 bits per heavy atom. The fourth-order valence-electron chi connectivity index (χ4n) is 4.65. The van der Waals surface area contributed by atoms with Gasteiger partial charge in [-0.15, -0.1) is 0 Å². The molecule has 0 aliphatic carbocycles. The quantitative estimate of drug-likeness (QED) is 0.531. The van der Waals surface area contributed by atoms with Crippen LogP contribution in [0.1, 0.15) is 27.7 Å². The fourth-order valence-corrected chi connectivity index (χ4v) is 4.87. The number of aliphatic imine (C=N–C) groups is 1. The van der Waals surface area contributed by atoms with Crippen LogP contribution in [0.3, 0.4) is 0 Å². The van der Waals surface area contributed by atoms with Gasteiger partial charge in [0.15, 0.2) is 0 Å². The van der Waals surface area contributed by atoms with Crippen LogP contribution in [-0.4, -0.2) is 83.0 Å². The Morgan fingerprint density at radius 3 is 2.85 bits per heavy atom. The number of hydrogen-bond donors (Lipinski definition) is 2. The van der Waals surface area contributed by atoms with E-state index >= 15 is 0 Å². The van der Waals surface area contributed by atoms with Crippen LogP contribution in [0.4, 0.5) is 5.69 Å². The number of morpholine rings is 1. The number of carbonyl (C=O) groups excluding carboxylic acids is 1. The number of rotatable bonds is 5. The first-order valence-electron chi connectivity index (χ1n) is 11.7. The molecule has 2 N–H and O–H groups in total. The number of nitrogens with one attached hydrogen (secondary N) is 2. The number of halogens is 1. The van der Waals surface area contributed by atoms with E-state index in [1.807, 2.05) is 12.1 Å². The van der Waals surface area contributed by atoms with Gasteiger partial charge in [-0.25, -0.2) is 0 Å². The normalized spacial score (nSPS) is 18.2. The molecule has 182 valence electrons. The zero-order chi connectivity index (χ0) is 24.3. The minimum Gasteiger partial charge on any atom is -0.373 e. The number of H-pyrrole nitrogens is 1. The van der Waals surface area contributed by atoms with Gasteiger partial charge in [0.05, 0.1) is 48.2 Å². The standard InChI is InChI=1S/C13H25N3O.C12H8ClN3O/c1-11(2)16-6-5-14-12(16)9-15-7-8-17-13(3,4)10-15;13-7-3-9-8-1-2-14-5-11(8)16-12(9)10(4-7)15-6-17/h11H,5-10H2,1-4H3;1-6,16H,(H,15,17). The highest BCUT2D eigenvalue weighted by molar-refractivity contribution is 6.32. The summed E-state index contributed by atoms with van der Waals surface area (Å²) in [5.41, 5.74) is 2.42. The molecule has 0 atom stereocenters. The third-order valence-electron chi connectivity index (χ3n) is 6.15. The van der Waals surface area contributed by atoms with Crippen LogP contribution in [-0.2, 0) is 9.53 Å². The molecule has 5 rings (SSSR count). The Balaban J connectivity index is 0.000000161. The summed E-state index contributed by atoms with van der Waals surface area (Å²) in [6.07, 6.45) is 4.10. The summed E-state index contributed by atoms with van der Waals surface area (Å²) in [5, 5.41) is 5.22. The fraction of sp³-hybridized carbons (Fsp3) is 0.480. The lowest BCUT2D eigenvalue weighted by Crippen LogP contribution is -2.51. The first-order valence-corrected chi connectivity index (χ1v) is 12.1. The molecule has 1 aromatic carbocycles. The van der Waals surface area contributed by atoms with Crippen molar-refractivity contribution in [1.82, 2.24) is 19.8 Å². The van der Waals surface area contributed by atoms with E-state index in [0.29, 0.717) is 23.2 Å². The lowest BCUT2D eigenvalue weighted by Gasteiger charge is -2.39. The smallest absolute Gasteiger partial charge is 0.211 e. The van der Waals surface area contributed by atoms with Gasteiger partial charge in [0.2, 0.25) is 6.41 Å². The van der Waals surface area contributed by atoms with E-state index in [1.54, 1.807) is 18.5 Å². The van der Waals surface area contributed by atoms with Gasteiger partial charge >= 0.3 is 0 Å². The first-order chi connectivity index (χ1) is 16.3. The Bertz CT molecular complexity index is 1190. The van der Waals surface area contributed by atoms with Crippen LogP contribution in [0.15, 0.2) is 35.6 Å². The molecule has 0 unspecified atom stereocenters. The Morgan fingerprint density at radius 2 is 2.12 bits per heavy atom. The highest BCUT2D eigenvalue weighted by Gasteiger charge is 2.29. The molecule has 0 radical (unpaired) electrons. The molecule has 1 saturated heterocycles. The molecule has 4 heterocycles. The second-order valence-corrected chi connectivity index (χ2v) is 10.0. The third kappa shape index (κ3) is 5.51. The monoisotopic (exact) mass is 484 g/mol. The molecule has 2 aromatic heterocycles. The van der Waals surface area contributed by atoms with Gasteiger partial charge in [-0.2, -0.15) is 0 Å². The van der Waals surface area contributed by atoms with Crippen molar-refractivity contribution in [2.45, 2.75) is 39.3 Å². The van der Waals surface area contributed by atoms with E-state index in [-0.39, 0.29) is 5.60 Å². The number of fused-ring (bicyclic) bond motifs is 3. The molecular weight excluding hydrogens is 452 g/mol. The van der Waals surface area contributed by atoms with Crippen LogP contribution in [0, 0.1) is 0 Å². The molecule has 2 aliphatic rings. The van der Waals surface area contributed by atoms with Gasteiger partial charge in [0.25, 0.3) is 0 Å². The number of aromatic nitrogens is 2. The van der Waals surface area contributed by atoms with Gasteiger partial charge in [0.1, 0.15) is 5.84 Å². The lowest BCUT2D eigenvalue weighted by atomic mass is 10.1. The molecule has 34 heavy (non-hydrogen) atoms. The van der Waals surface area contributed by atoms with Gasteiger partial charge in [-0.1, -0.05) is 11.6 Å². The Labute approximate surface area is 205 Å². The minimum atomic E-state index is -0.0138. The summed E-state index contributed by atoms with van der Waals surface area (Å²) in [7, 11) is 0. The second-order valence-electron chi connectivity index (χ2n) is 9.59. The number of anilines is 1. The summed E-state index contributed by atoms with van der Waals surface area (Å²) in [6, 6.07) is 6.05. The number of carbonyl (C=O) groups is 1. The number of benzene rings is 1. The van der Waals surface area contributed by atoms with E-state index in [0.717, 1.165) is 61.1 Å². The molecule has 1 amide bonds. The summed E-state index contributed by atoms with van der Waals surface area (Å²) >= 11 is 6.03. The van der Waals surface area contributed by atoms with Crippen molar-refractivity contribution >= 4 is 51.3 Å². The highest BCUT2D eigenvalue weighted by Crippen LogP contribution is 2.32. The van der Waals surface area contributed by atoms with E-state index < -0.39 is 0 Å². The molecule has 0 spiro atoms. The molecule has 0 bridgehead atoms. The summed E-state index contributed by atoms with van der Waals surface area (Å²) in [4.78, 5) is 27.4. The largest absolute Gasteiger partial charge is 0.373 e. The number of pyridine rings is 1. The number of amides is 1. The first kappa shape index (κ1) is 24.4. The molecular formula is C25H33ClN6O2. The number of ether oxygens (including phenoxy) is 1. The maximum atomic E-state index is 10.6.